The first kappa shape index (κ1) is 18.5. The van der Waals surface area contributed by atoms with Crippen LogP contribution in [0.4, 0.5) is 0 Å². The summed E-state index contributed by atoms with van der Waals surface area (Å²) in [5.74, 6) is 1.09. The van der Waals surface area contributed by atoms with Gasteiger partial charge in [0.15, 0.2) is 5.82 Å². The molecule has 2 aromatic carbocycles. The van der Waals surface area contributed by atoms with E-state index in [0.717, 1.165) is 16.9 Å². The van der Waals surface area contributed by atoms with Gasteiger partial charge in [0.05, 0.1) is 19.9 Å². The Bertz CT molecular complexity index is 1000. The van der Waals surface area contributed by atoms with Crippen LogP contribution in [0.1, 0.15) is 27.3 Å². The van der Waals surface area contributed by atoms with Crippen LogP contribution in [0.25, 0.3) is 0 Å². The van der Waals surface area contributed by atoms with Crippen molar-refractivity contribution in [2.75, 3.05) is 7.11 Å². The Morgan fingerprint density at radius 3 is 2.63 bits per heavy atom. The van der Waals surface area contributed by atoms with E-state index in [1.54, 1.807) is 25.5 Å². The van der Waals surface area contributed by atoms with Crippen LogP contribution in [-0.2, 0) is 6.54 Å². The Morgan fingerprint density at radius 1 is 1.26 bits per heavy atom. The third kappa shape index (κ3) is 4.68. The normalized spacial score (nSPS) is 10.9. The summed E-state index contributed by atoms with van der Waals surface area (Å²) in [7, 11) is 1.62. The largest absolute Gasteiger partial charge is 0.497 e. The lowest BCUT2D eigenvalue weighted by Crippen LogP contribution is -2.24. The lowest BCUT2D eigenvalue weighted by Gasteiger charge is -2.05. The number of carbonyl (C=O) groups is 1. The van der Waals surface area contributed by atoms with Gasteiger partial charge in [0.25, 0.3) is 5.91 Å². The molecule has 0 radical (unpaired) electrons. The first-order chi connectivity index (χ1) is 13.1. The van der Waals surface area contributed by atoms with Crippen molar-refractivity contribution in [1.82, 2.24) is 20.2 Å². The Hall–Kier alpha value is -3.26. The van der Waals surface area contributed by atoms with Gasteiger partial charge in [-0.15, -0.1) is 0 Å². The Kier molecular flexibility index (Phi) is 5.77. The van der Waals surface area contributed by atoms with Gasteiger partial charge in [-0.3, -0.25) is 9.89 Å². The fraction of sp³-hybridized carbons (Fsp3) is 0.158. The third-order valence-corrected chi connectivity index (χ3v) is 4.14. The van der Waals surface area contributed by atoms with E-state index in [1.165, 1.54) is 4.68 Å². The van der Waals surface area contributed by atoms with Crippen molar-refractivity contribution in [1.29, 1.82) is 0 Å². The molecule has 0 saturated heterocycles. The van der Waals surface area contributed by atoms with Crippen molar-refractivity contribution in [2.45, 2.75) is 13.5 Å². The van der Waals surface area contributed by atoms with Crippen LogP contribution in [0.2, 0.25) is 0 Å². The number of benzene rings is 2. The SMILES string of the molecule is COc1ccc(/C=N/n2c(CNC(=O)c3ccc(C)cc3)n[nH]c2=S)cc1. The predicted octanol–water partition coefficient (Wildman–Crippen LogP) is 3.07. The van der Waals surface area contributed by atoms with Crippen LogP contribution >= 0.6 is 12.2 Å². The van der Waals surface area contributed by atoms with Gasteiger partial charge in [0.1, 0.15) is 5.75 Å². The molecule has 0 aliphatic rings. The number of aromatic nitrogens is 3. The number of rotatable bonds is 6. The maximum atomic E-state index is 12.3. The van der Waals surface area contributed by atoms with E-state index in [0.29, 0.717) is 16.2 Å². The second kappa shape index (κ2) is 8.41. The number of ether oxygens (including phenoxy) is 1. The molecule has 0 aliphatic carbocycles. The zero-order valence-corrected chi connectivity index (χ0v) is 15.8. The van der Waals surface area contributed by atoms with Gasteiger partial charge in [-0.05, 0) is 61.1 Å². The van der Waals surface area contributed by atoms with Gasteiger partial charge in [-0.2, -0.15) is 14.9 Å². The van der Waals surface area contributed by atoms with Gasteiger partial charge in [-0.1, -0.05) is 17.7 Å². The third-order valence-electron chi connectivity index (χ3n) is 3.88. The maximum absolute atomic E-state index is 12.3. The molecular weight excluding hydrogens is 362 g/mol. The number of aryl methyl sites for hydroxylation is 1. The van der Waals surface area contributed by atoms with Crippen LogP contribution in [0.15, 0.2) is 53.6 Å². The molecule has 0 saturated carbocycles. The first-order valence-corrected chi connectivity index (χ1v) is 8.67. The minimum atomic E-state index is -0.186. The summed E-state index contributed by atoms with van der Waals surface area (Å²) >= 11 is 5.21. The van der Waals surface area contributed by atoms with Crippen LogP contribution in [-0.4, -0.2) is 34.1 Å². The van der Waals surface area contributed by atoms with E-state index in [9.17, 15) is 4.79 Å². The number of amides is 1. The van der Waals surface area contributed by atoms with Crippen LogP contribution in [0.3, 0.4) is 0 Å². The molecule has 2 N–H and O–H groups in total. The van der Waals surface area contributed by atoms with E-state index < -0.39 is 0 Å². The molecule has 1 aromatic heterocycles. The number of hydrogen-bond acceptors (Lipinski definition) is 5. The highest BCUT2D eigenvalue weighted by Gasteiger charge is 2.09. The molecule has 27 heavy (non-hydrogen) atoms. The number of H-pyrrole nitrogens is 1. The topological polar surface area (TPSA) is 84.3 Å². The predicted molar refractivity (Wildman–Crippen MR) is 106 cm³/mol. The Morgan fingerprint density at radius 2 is 1.96 bits per heavy atom. The molecule has 8 heteroatoms. The van der Waals surface area contributed by atoms with Gasteiger partial charge in [0.2, 0.25) is 4.77 Å². The van der Waals surface area contributed by atoms with Gasteiger partial charge in [-0.25, -0.2) is 0 Å². The molecule has 1 amide bonds. The molecule has 0 bridgehead atoms. The van der Waals surface area contributed by atoms with E-state index >= 15 is 0 Å². The lowest BCUT2D eigenvalue weighted by atomic mass is 10.1. The average Bonchev–Trinajstić information content (AvgIpc) is 3.05. The summed E-state index contributed by atoms with van der Waals surface area (Å²) < 4.78 is 6.96. The molecule has 0 atom stereocenters. The Labute approximate surface area is 161 Å². The van der Waals surface area contributed by atoms with E-state index in [1.807, 2.05) is 43.3 Å². The minimum absolute atomic E-state index is 0.186. The number of aromatic amines is 1. The average molecular weight is 381 g/mol. The second-order valence-corrected chi connectivity index (χ2v) is 6.21. The van der Waals surface area contributed by atoms with Crippen molar-refractivity contribution in [2.24, 2.45) is 5.10 Å². The highest BCUT2D eigenvalue weighted by molar-refractivity contribution is 7.71. The summed E-state index contributed by atoms with van der Waals surface area (Å²) in [6.07, 6.45) is 1.66. The fourth-order valence-electron chi connectivity index (χ4n) is 2.34. The summed E-state index contributed by atoms with van der Waals surface area (Å²) in [4.78, 5) is 12.3. The van der Waals surface area contributed by atoms with E-state index in [-0.39, 0.29) is 12.5 Å². The van der Waals surface area contributed by atoms with Crippen molar-refractivity contribution in [3.63, 3.8) is 0 Å². The van der Waals surface area contributed by atoms with Crippen LogP contribution in [0.5, 0.6) is 5.75 Å². The number of nitrogens with zero attached hydrogens (tertiary/aromatic N) is 3. The van der Waals surface area contributed by atoms with Crippen molar-refractivity contribution in [3.05, 3.63) is 75.8 Å². The van der Waals surface area contributed by atoms with Crippen molar-refractivity contribution < 1.29 is 9.53 Å². The number of nitrogens with one attached hydrogen (secondary N) is 2. The van der Waals surface area contributed by atoms with Crippen LogP contribution in [0, 0.1) is 11.7 Å². The van der Waals surface area contributed by atoms with Gasteiger partial charge >= 0.3 is 0 Å². The lowest BCUT2D eigenvalue weighted by molar-refractivity contribution is 0.0949. The summed E-state index contributed by atoms with van der Waals surface area (Å²) in [6, 6.07) is 14.8. The molecule has 7 nitrogen and oxygen atoms in total. The number of methoxy groups -OCH3 is 1. The molecule has 138 valence electrons. The highest BCUT2D eigenvalue weighted by Crippen LogP contribution is 2.10. The second-order valence-electron chi connectivity index (χ2n) is 5.82. The molecule has 0 spiro atoms. The van der Waals surface area contributed by atoms with E-state index in [2.05, 4.69) is 20.6 Å². The van der Waals surface area contributed by atoms with Crippen molar-refractivity contribution >= 4 is 24.3 Å². The number of carbonyl (C=O) groups excluding carboxylic acids is 1. The van der Waals surface area contributed by atoms with Crippen LogP contribution < -0.4 is 10.1 Å². The quantitative estimate of drug-likeness (QED) is 0.508. The summed E-state index contributed by atoms with van der Waals surface area (Å²) in [5.41, 5.74) is 2.57. The zero-order valence-electron chi connectivity index (χ0n) is 15.0. The van der Waals surface area contributed by atoms with Gasteiger partial charge < -0.3 is 10.1 Å². The molecule has 0 fully saturated rings. The molecule has 3 aromatic rings. The summed E-state index contributed by atoms with van der Waals surface area (Å²) in [6.45, 7) is 2.17. The molecule has 0 aliphatic heterocycles. The standard InChI is InChI=1S/C19H19N5O2S/c1-13-3-7-15(8-4-13)18(25)20-12-17-22-23-19(27)24(17)21-11-14-5-9-16(26-2)10-6-14/h3-11H,12H2,1-2H3,(H,20,25)(H,23,27)/b21-11+. The molecule has 3 rings (SSSR count). The molecule has 1 heterocycles. The van der Waals surface area contributed by atoms with Gasteiger partial charge in [0, 0.05) is 5.56 Å². The zero-order chi connectivity index (χ0) is 19.2. The minimum Gasteiger partial charge on any atom is -0.497 e. The maximum Gasteiger partial charge on any atom is 0.251 e. The fourth-order valence-corrected chi connectivity index (χ4v) is 2.54. The Balaban J connectivity index is 1.70. The monoisotopic (exact) mass is 381 g/mol. The molecular formula is C19H19N5O2S. The first-order valence-electron chi connectivity index (χ1n) is 8.26. The van der Waals surface area contributed by atoms with E-state index in [4.69, 9.17) is 17.0 Å². The smallest absolute Gasteiger partial charge is 0.251 e. The molecule has 0 unspecified atom stereocenters. The van der Waals surface area contributed by atoms with Crippen molar-refractivity contribution in [3.8, 4) is 5.75 Å². The summed E-state index contributed by atoms with van der Waals surface area (Å²) in [5, 5.41) is 14.0. The number of hydrogen-bond donors (Lipinski definition) is 2. The highest BCUT2D eigenvalue weighted by atomic mass is 32.1.